The number of hydrogen-bond acceptors (Lipinski definition) is 4. The summed E-state index contributed by atoms with van der Waals surface area (Å²) in [4.78, 5) is 25.6. The quantitative estimate of drug-likeness (QED) is 0.782. The van der Waals surface area contributed by atoms with Gasteiger partial charge in [0.05, 0.1) is 6.54 Å². The highest BCUT2D eigenvalue weighted by Crippen LogP contribution is 2.31. The third kappa shape index (κ3) is 2.48. The van der Waals surface area contributed by atoms with E-state index in [4.69, 9.17) is 11.6 Å². The number of rotatable bonds is 1. The number of alkyl halides is 3. The molecule has 0 aliphatic carbocycles. The number of hydrogen-bond donors (Lipinski definition) is 0. The Bertz CT molecular complexity index is 901. The smallest absolute Gasteiger partial charge is 0.351 e. The van der Waals surface area contributed by atoms with Gasteiger partial charge in [-0.2, -0.15) is 13.2 Å². The first-order chi connectivity index (χ1) is 11.1. The van der Waals surface area contributed by atoms with Crippen LogP contribution in [0.3, 0.4) is 0 Å². The molecule has 24 heavy (non-hydrogen) atoms. The second kappa shape index (κ2) is 5.37. The van der Waals surface area contributed by atoms with Crippen molar-refractivity contribution in [1.82, 2.24) is 14.6 Å². The molecular weight excluding hydrogens is 351 g/mol. The minimum Gasteiger partial charge on any atom is -0.351 e. The van der Waals surface area contributed by atoms with Gasteiger partial charge in [-0.25, -0.2) is 0 Å². The van der Waals surface area contributed by atoms with Crippen LogP contribution in [-0.4, -0.2) is 20.5 Å². The van der Waals surface area contributed by atoms with Gasteiger partial charge in [0.25, 0.3) is 11.5 Å². The first-order valence-electron chi connectivity index (χ1n) is 6.81. The van der Waals surface area contributed by atoms with Gasteiger partial charge < -0.3 is 14.0 Å². The van der Waals surface area contributed by atoms with Crippen molar-refractivity contribution in [2.45, 2.75) is 26.2 Å². The summed E-state index contributed by atoms with van der Waals surface area (Å²) in [6.45, 7) is 1.86. The summed E-state index contributed by atoms with van der Waals surface area (Å²) in [6.07, 6.45) is -4.71. The van der Waals surface area contributed by atoms with E-state index < -0.39 is 23.5 Å². The van der Waals surface area contributed by atoms with Crippen LogP contribution in [0.4, 0.5) is 13.2 Å². The third-order valence-corrected chi connectivity index (χ3v) is 4.46. The van der Waals surface area contributed by atoms with E-state index in [1.54, 1.807) is 6.92 Å². The van der Waals surface area contributed by atoms with Gasteiger partial charge in [0.1, 0.15) is 5.02 Å². The van der Waals surface area contributed by atoms with Gasteiger partial charge in [-0.05, 0) is 18.1 Å². The molecule has 1 aliphatic rings. The minimum atomic E-state index is -4.71. The van der Waals surface area contributed by atoms with E-state index in [9.17, 15) is 22.8 Å². The lowest BCUT2D eigenvalue weighted by Crippen LogP contribution is -2.26. The van der Waals surface area contributed by atoms with Gasteiger partial charge in [-0.15, -0.1) is 0 Å². The van der Waals surface area contributed by atoms with Crippen molar-refractivity contribution in [3.8, 4) is 0 Å². The molecule has 0 radical (unpaired) electrons. The molecule has 0 atom stereocenters. The molecular formula is C14H11ClF3N3O3. The predicted octanol–water partition coefficient (Wildman–Crippen LogP) is 2.51. The minimum absolute atomic E-state index is 0.0614. The highest BCUT2D eigenvalue weighted by atomic mass is 35.5. The highest BCUT2D eigenvalue weighted by Gasteiger charge is 2.38. The lowest BCUT2D eigenvalue weighted by Gasteiger charge is -2.13. The molecule has 1 amide bonds. The van der Waals surface area contributed by atoms with E-state index in [1.807, 2.05) is 0 Å². The topological polar surface area (TPSA) is 68.3 Å². The van der Waals surface area contributed by atoms with E-state index in [0.29, 0.717) is 22.9 Å². The first kappa shape index (κ1) is 16.6. The molecule has 1 aliphatic heterocycles. The number of carbonyl (C=O) groups is 1. The summed E-state index contributed by atoms with van der Waals surface area (Å²) in [5.41, 5.74) is 1.03. The fraction of sp³-hybridized carbons (Fsp3) is 0.357. The molecule has 2 aromatic heterocycles. The molecule has 0 spiro atoms. The van der Waals surface area contributed by atoms with E-state index in [2.05, 4.69) is 9.68 Å². The normalized spacial score (nSPS) is 14.2. The van der Waals surface area contributed by atoms with Crippen molar-refractivity contribution in [3.05, 3.63) is 49.7 Å². The molecule has 10 heteroatoms. The van der Waals surface area contributed by atoms with Gasteiger partial charge >= 0.3 is 6.18 Å². The van der Waals surface area contributed by atoms with Crippen molar-refractivity contribution in [2.24, 2.45) is 7.05 Å². The molecule has 0 bridgehead atoms. The van der Waals surface area contributed by atoms with Crippen molar-refractivity contribution < 1.29 is 22.5 Å². The lowest BCUT2D eigenvalue weighted by molar-refractivity contribution is -0.155. The summed E-state index contributed by atoms with van der Waals surface area (Å²) < 4.78 is 43.1. The monoisotopic (exact) mass is 361 g/mol. The standard InChI is InChI=1S/C14H11ClF3N3O3/c1-6-7-4-21(5-9(7)20(2)13(23)11(6)15)12(22)8-3-10(24-19-8)14(16,17)18/h3H,4-5H2,1-2H3. The van der Waals surface area contributed by atoms with Crippen molar-refractivity contribution in [1.29, 1.82) is 0 Å². The summed E-state index contributed by atoms with van der Waals surface area (Å²) >= 11 is 5.98. The van der Waals surface area contributed by atoms with Crippen molar-refractivity contribution in [2.75, 3.05) is 0 Å². The van der Waals surface area contributed by atoms with Crippen LogP contribution in [0.25, 0.3) is 0 Å². The molecule has 0 unspecified atom stereocenters. The maximum Gasteiger partial charge on any atom is 0.452 e. The summed E-state index contributed by atoms with van der Waals surface area (Å²) in [5, 5.41) is 3.25. The van der Waals surface area contributed by atoms with Gasteiger partial charge in [0.15, 0.2) is 5.69 Å². The molecule has 3 heterocycles. The Hall–Kier alpha value is -2.29. The third-order valence-electron chi connectivity index (χ3n) is 4.01. The van der Waals surface area contributed by atoms with Crippen molar-refractivity contribution in [3.63, 3.8) is 0 Å². The number of amides is 1. The zero-order valence-electron chi connectivity index (χ0n) is 12.6. The molecule has 0 aromatic carbocycles. The van der Waals surface area contributed by atoms with Crippen LogP contribution in [0.15, 0.2) is 15.4 Å². The summed E-state index contributed by atoms with van der Waals surface area (Å²) in [6, 6.07) is 0.560. The van der Waals surface area contributed by atoms with E-state index in [-0.39, 0.29) is 23.7 Å². The van der Waals surface area contributed by atoms with Gasteiger partial charge in [-0.3, -0.25) is 9.59 Å². The highest BCUT2D eigenvalue weighted by molar-refractivity contribution is 6.31. The second-order valence-electron chi connectivity index (χ2n) is 5.46. The Morgan fingerprint density at radius 3 is 2.62 bits per heavy atom. The van der Waals surface area contributed by atoms with Gasteiger partial charge in [-0.1, -0.05) is 16.8 Å². The van der Waals surface area contributed by atoms with Crippen LogP contribution in [0.1, 0.15) is 33.1 Å². The Labute approximate surface area is 138 Å². The largest absolute Gasteiger partial charge is 0.452 e. The van der Waals surface area contributed by atoms with Crippen LogP contribution in [0, 0.1) is 6.92 Å². The van der Waals surface area contributed by atoms with Crippen LogP contribution in [-0.2, 0) is 26.3 Å². The van der Waals surface area contributed by atoms with E-state index in [0.717, 1.165) is 0 Å². The fourth-order valence-corrected chi connectivity index (χ4v) is 2.88. The SMILES string of the molecule is Cc1c2c(n(C)c(=O)c1Cl)CN(C(=O)c1cc(C(F)(F)F)on1)C2. The Balaban J connectivity index is 1.92. The van der Waals surface area contributed by atoms with Crippen LogP contribution in [0.2, 0.25) is 5.02 Å². The van der Waals surface area contributed by atoms with Crippen LogP contribution in [0.5, 0.6) is 0 Å². The maximum atomic E-state index is 12.5. The van der Waals surface area contributed by atoms with E-state index >= 15 is 0 Å². The van der Waals surface area contributed by atoms with E-state index in [1.165, 1.54) is 16.5 Å². The zero-order valence-corrected chi connectivity index (χ0v) is 13.3. The second-order valence-corrected chi connectivity index (χ2v) is 5.84. The van der Waals surface area contributed by atoms with Crippen molar-refractivity contribution >= 4 is 17.5 Å². The number of nitrogens with zero attached hydrogens (tertiary/aromatic N) is 3. The molecule has 0 saturated carbocycles. The zero-order chi connectivity index (χ0) is 17.8. The predicted molar refractivity (Wildman–Crippen MR) is 76.5 cm³/mol. The summed E-state index contributed by atoms with van der Waals surface area (Å²) in [7, 11) is 1.53. The van der Waals surface area contributed by atoms with Crippen LogP contribution < -0.4 is 5.56 Å². The number of carbonyl (C=O) groups excluding carboxylic acids is 1. The number of fused-ring (bicyclic) bond motifs is 1. The average molecular weight is 362 g/mol. The van der Waals surface area contributed by atoms with Crippen LogP contribution >= 0.6 is 11.6 Å². The maximum absolute atomic E-state index is 12.5. The van der Waals surface area contributed by atoms with Gasteiger partial charge in [0.2, 0.25) is 5.76 Å². The lowest BCUT2D eigenvalue weighted by atomic mass is 10.1. The number of pyridine rings is 1. The number of halogens is 4. The summed E-state index contributed by atoms with van der Waals surface area (Å²) in [5.74, 6) is -2.05. The Morgan fingerprint density at radius 2 is 2.04 bits per heavy atom. The molecule has 6 nitrogen and oxygen atoms in total. The van der Waals surface area contributed by atoms with Gasteiger partial charge in [0, 0.05) is 25.4 Å². The average Bonchev–Trinajstić information content (AvgIpc) is 3.16. The molecule has 2 aromatic rings. The fourth-order valence-electron chi connectivity index (χ4n) is 2.64. The molecule has 0 saturated heterocycles. The molecule has 128 valence electrons. The Morgan fingerprint density at radius 1 is 1.38 bits per heavy atom. The number of aromatic nitrogens is 2. The molecule has 0 N–H and O–H groups in total. The molecule has 3 rings (SSSR count). The first-order valence-corrected chi connectivity index (χ1v) is 7.19. The molecule has 0 fully saturated rings. The Kier molecular flexibility index (Phi) is 3.71.